The molecule has 0 fully saturated rings. The number of imidazole rings is 1. The first-order valence-corrected chi connectivity index (χ1v) is 13.4. The maximum absolute atomic E-state index is 13.2. The van der Waals surface area contributed by atoms with E-state index >= 15 is 0 Å². The van der Waals surface area contributed by atoms with E-state index in [9.17, 15) is 26.4 Å². The van der Waals surface area contributed by atoms with Crippen molar-refractivity contribution in [2.45, 2.75) is 38.7 Å². The highest BCUT2D eigenvalue weighted by Gasteiger charge is 2.46. The zero-order valence-electron chi connectivity index (χ0n) is 19.7. The van der Waals surface area contributed by atoms with Crippen LogP contribution in [0, 0.1) is 6.92 Å². The minimum Gasteiger partial charge on any atom is -0.472 e. The standard InChI is InChI=1S/C24H22BrF3N4O4S/c1-3-6-19-30-13(2)22(23(29)33)32(19)11-16-14-9-10-36-12-17(14)21(25)20(16)15-7-4-5-8-18(15)31-37(34,35)24(26,27)28/h4-5,7-10,12,31H,3,6,11H2,1-2H3,(H2,29,33). The van der Waals surface area contributed by atoms with Gasteiger partial charge in [-0.15, -0.1) is 0 Å². The molecule has 0 radical (unpaired) electrons. The summed E-state index contributed by atoms with van der Waals surface area (Å²) in [7, 11) is -5.68. The number of primary amides is 1. The van der Waals surface area contributed by atoms with E-state index in [1.54, 1.807) is 28.3 Å². The van der Waals surface area contributed by atoms with Gasteiger partial charge in [0.05, 0.1) is 30.5 Å². The number of anilines is 1. The first-order valence-electron chi connectivity index (χ1n) is 11.1. The minimum absolute atomic E-state index is 0.0935. The van der Waals surface area contributed by atoms with Crippen LogP contribution in [-0.2, 0) is 23.0 Å². The maximum Gasteiger partial charge on any atom is 0.516 e. The number of carbonyl (C=O) groups is 1. The predicted molar refractivity (Wildman–Crippen MR) is 136 cm³/mol. The number of para-hydroxylation sites is 1. The van der Waals surface area contributed by atoms with Crippen LogP contribution < -0.4 is 10.5 Å². The van der Waals surface area contributed by atoms with Crippen LogP contribution in [-0.4, -0.2) is 29.4 Å². The van der Waals surface area contributed by atoms with Gasteiger partial charge in [0.25, 0.3) is 5.91 Å². The molecule has 2 heterocycles. The summed E-state index contributed by atoms with van der Waals surface area (Å²) in [5.41, 5.74) is 3.10. The van der Waals surface area contributed by atoms with Gasteiger partial charge in [-0.25, -0.2) is 4.98 Å². The summed E-state index contributed by atoms with van der Waals surface area (Å²) in [4.78, 5) is 16.8. The van der Waals surface area contributed by atoms with Crippen molar-refractivity contribution in [3.8, 4) is 22.3 Å². The molecule has 0 bridgehead atoms. The zero-order chi connectivity index (χ0) is 27.1. The first kappa shape index (κ1) is 26.7. The Hall–Kier alpha value is -3.32. The number of alkyl halides is 3. The van der Waals surface area contributed by atoms with Gasteiger partial charge < -0.3 is 14.7 Å². The number of hydrogen-bond acceptors (Lipinski definition) is 5. The van der Waals surface area contributed by atoms with E-state index in [4.69, 9.17) is 10.2 Å². The molecule has 8 nitrogen and oxygen atoms in total. The van der Waals surface area contributed by atoms with E-state index in [0.717, 1.165) is 6.42 Å². The predicted octanol–water partition coefficient (Wildman–Crippen LogP) is 5.68. The summed E-state index contributed by atoms with van der Waals surface area (Å²) in [6.07, 6.45) is 4.21. The topological polar surface area (TPSA) is 120 Å². The summed E-state index contributed by atoms with van der Waals surface area (Å²) < 4.78 is 72.6. The normalized spacial score (nSPS) is 12.3. The number of sulfonamides is 1. The number of fused-ring (bicyclic) bond motifs is 1. The molecule has 1 aromatic heterocycles. The number of benzene rings is 1. The molecule has 37 heavy (non-hydrogen) atoms. The van der Waals surface area contributed by atoms with Gasteiger partial charge in [0.2, 0.25) is 0 Å². The number of nitrogens with two attached hydrogens (primary N) is 1. The van der Waals surface area contributed by atoms with Crippen molar-refractivity contribution < 1.29 is 30.8 Å². The van der Waals surface area contributed by atoms with Gasteiger partial charge in [-0.2, -0.15) is 21.6 Å². The Morgan fingerprint density at radius 2 is 1.89 bits per heavy atom. The van der Waals surface area contributed by atoms with E-state index in [-0.39, 0.29) is 23.5 Å². The minimum atomic E-state index is -5.68. The zero-order valence-corrected chi connectivity index (χ0v) is 22.1. The Kier molecular flexibility index (Phi) is 7.12. The fraction of sp³-hybridized carbons (Fsp3) is 0.250. The fourth-order valence-corrected chi connectivity index (χ4v) is 5.67. The van der Waals surface area contributed by atoms with E-state index in [1.807, 2.05) is 6.92 Å². The lowest BCUT2D eigenvalue weighted by molar-refractivity contribution is -0.0429. The molecule has 0 spiro atoms. The van der Waals surface area contributed by atoms with Crippen molar-refractivity contribution >= 4 is 37.5 Å². The van der Waals surface area contributed by atoms with E-state index in [1.165, 1.54) is 30.7 Å². The average Bonchev–Trinajstić information content (AvgIpc) is 3.27. The lowest BCUT2D eigenvalue weighted by Crippen LogP contribution is -2.30. The Bertz CT molecular complexity index is 1560. The second kappa shape index (κ2) is 9.86. The van der Waals surface area contributed by atoms with Crippen molar-refractivity contribution in [1.82, 2.24) is 9.55 Å². The molecule has 4 rings (SSSR count). The van der Waals surface area contributed by atoms with Gasteiger partial charge in [0.15, 0.2) is 0 Å². The van der Waals surface area contributed by atoms with E-state index < -0.39 is 21.4 Å². The number of nitrogens with one attached hydrogen (secondary N) is 1. The van der Waals surface area contributed by atoms with Crippen LogP contribution in [0.5, 0.6) is 0 Å². The van der Waals surface area contributed by atoms with Gasteiger partial charge in [0.1, 0.15) is 11.5 Å². The van der Waals surface area contributed by atoms with Crippen molar-refractivity contribution in [1.29, 1.82) is 0 Å². The van der Waals surface area contributed by atoms with Crippen LogP contribution in [0.15, 0.2) is 51.7 Å². The summed E-state index contributed by atoms with van der Waals surface area (Å²) in [5.74, 6) is -0.0472. The molecule has 2 aliphatic rings. The van der Waals surface area contributed by atoms with Crippen molar-refractivity contribution in [3.05, 3.63) is 70.1 Å². The van der Waals surface area contributed by atoms with E-state index in [0.29, 0.717) is 44.7 Å². The van der Waals surface area contributed by atoms with Crippen LogP contribution in [0.2, 0.25) is 0 Å². The number of aromatic nitrogens is 2. The third kappa shape index (κ3) is 4.85. The molecule has 0 saturated heterocycles. The molecule has 196 valence electrons. The summed E-state index contributed by atoms with van der Waals surface area (Å²) in [5, 5.41) is 0. The van der Waals surface area contributed by atoms with Gasteiger partial charge in [0, 0.05) is 27.6 Å². The maximum atomic E-state index is 13.2. The first-order chi connectivity index (χ1) is 17.4. The largest absolute Gasteiger partial charge is 0.516 e. The SMILES string of the molecule is CCCc1nc(C)c(C(N)=O)n1Cc1c2ccocc-2c(Br)c1-c1ccccc1NS(=O)(=O)C(F)(F)F. The van der Waals surface area contributed by atoms with Crippen LogP contribution in [0.3, 0.4) is 0 Å². The highest BCUT2D eigenvalue weighted by atomic mass is 79.9. The lowest BCUT2D eigenvalue weighted by Gasteiger charge is -2.17. The smallest absolute Gasteiger partial charge is 0.472 e. The number of carbonyl (C=O) groups excluding carboxylic acids is 1. The molecular weight excluding hydrogens is 577 g/mol. The van der Waals surface area contributed by atoms with Gasteiger partial charge in [-0.3, -0.25) is 9.52 Å². The third-order valence-electron chi connectivity index (χ3n) is 5.86. The van der Waals surface area contributed by atoms with E-state index in [2.05, 4.69) is 20.9 Å². The van der Waals surface area contributed by atoms with Crippen LogP contribution in [0.4, 0.5) is 18.9 Å². The molecule has 0 atom stereocenters. The molecule has 13 heteroatoms. The summed E-state index contributed by atoms with van der Waals surface area (Å²) >= 11 is 3.53. The Balaban J connectivity index is 1.98. The number of nitrogens with zero attached hydrogens (tertiary/aromatic N) is 2. The van der Waals surface area contributed by atoms with Crippen LogP contribution >= 0.6 is 15.9 Å². The number of aryl methyl sites for hydroxylation is 2. The average molecular weight is 599 g/mol. The van der Waals surface area contributed by atoms with Crippen molar-refractivity contribution in [3.63, 3.8) is 0 Å². The molecular formula is C24H22BrF3N4O4S. The molecule has 1 amide bonds. The number of hydrogen-bond donors (Lipinski definition) is 2. The monoisotopic (exact) mass is 598 g/mol. The molecule has 1 aliphatic carbocycles. The number of amides is 1. The van der Waals surface area contributed by atoms with Gasteiger partial charge in [-0.05, 0) is 52.5 Å². The summed E-state index contributed by atoms with van der Waals surface area (Å²) in [6, 6.07) is 7.45. The fourth-order valence-electron chi connectivity index (χ4n) is 4.33. The third-order valence-corrected chi connectivity index (χ3v) is 7.78. The van der Waals surface area contributed by atoms with Crippen molar-refractivity contribution in [2.75, 3.05) is 4.72 Å². The van der Waals surface area contributed by atoms with Crippen LogP contribution in [0.25, 0.3) is 22.3 Å². The second-order valence-electron chi connectivity index (χ2n) is 8.31. The molecule has 0 saturated carbocycles. The summed E-state index contributed by atoms with van der Waals surface area (Å²) in [6.45, 7) is 3.73. The Morgan fingerprint density at radius 1 is 1.19 bits per heavy atom. The van der Waals surface area contributed by atoms with Gasteiger partial charge in [-0.1, -0.05) is 25.1 Å². The molecule has 2 aromatic rings. The lowest BCUT2D eigenvalue weighted by atomic mass is 10.0. The molecule has 0 unspecified atom stereocenters. The van der Waals surface area contributed by atoms with Crippen LogP contribution in [0.1, 0.15) is 40.9 Å². The quantitative estimate of drug-likeness (QED) is 0.270. The number of rotatable bonds is 8. The Morgan fingerprint density at radius 3 is 2.54 bits per heavy atom. The molecule has 3 N–H and O–H groups in total. The highest BCUT2D eigenvalue weighted by Crippen LogP contribution is 2.48. The molecule has 1 aromatic carbocycles. The highest BCUT2D eigenvalue weighted by molar-refractivity contribution is 9.10. The Labute approximate surface area is 219 Å². The molecule has 1 aliphatic heterocycles. The van der Waals surface area contributed by atoms with Gasteiger partial charge >= 0.3 is 15.5 Å². The van der Waals surface area contributed by atoms with Crippen molar-refractivity contribution in [2.24, 2.45) is 5.73 Å². The number of halogens is 4. The second-order valence-corrected chi connectivity index (χ2v) is 10.8.